The first-order valence-electron chi connectivity index (χ1n) is 8.86. The van der Waals surface area contributed by atoms with Gasteiger partial charge in [0, 0.05) is 27.0 Å². The molecule has 0 aliphatic carbocycles. The SMILES string of the molecule is N#CC1=C(N)Oc2cc(O)c(C=Nc3ccc(I)cc3)cc2[C@@H]1c1ccccc1. The molecule has 0 aromatic heterocycles. The molecule has 3 aromatic carbocycles. The predicted octanol–water partition coefficient (Wildman–Crippen LogP) is 4.97. The zero-order chi connectivity index (χ0) is 20.4. The standard InChI is InChI=1S/C23H16IN3O2/c24-16-6-8-17(9-7-16)27-13-15-10-18-21(11-20(15)28)29-23(26)19(12-25)22(18)14-4-2-1-3-5-14/h1-11,13,22,28H,26H2/t22-/m0/s1. The van der Waals surface area contributed by atoms with E-state index in [9.17, 15) is 10.4 Å². The molecule has 0 saturated heterocycles. The van der Waals surface area contributed by atoms with Gasteiger partial charge in [0.1, 0.15) is 23.1 Å². The molecular formula is C23H16IN3O2. The Labute approximate surface area is 181 Å². The summed E-state index contributed by atoms with van der Waals surface area (Å²) in [6.45, 7) is 0. The number of nitrogens with two attached hydrogens (primary N) is 1. The summed E-state index contributed by atoms with van der Waals surface area (Å²) >= 11 is 2.23. The van der Waals surface area contributed by atoms with Crippen LogP contribution >= 0.6 is 22.6 Å². The Balaban J connectivity index is 1.80. The van der Waals surface area contributed by atoms with E-state index in [0.717, 1.165) is 20.4 Å². The minimum absolute atomic E-state index is 0.0260. The number of benzene rings is 3. The maximum atomic E-state index is 10.5. The third-order valence-electron chi connectivity index (χ3n) is 4.68. The van der Waals surface area contributed by atoms with Crippen molar-refractivity contribution in [2.45, 2.75) is 5.92 Å². The molecule has 1 atom stereocenters. The highest BCUT2D eigenvalue weighted by Gasteiger charge is 2.31. The molecule has 0 fully saturated rings. The summed E-state index contributed by atoms with van der Waals surface area (Å²) in [6, 6.07) is 22.8. The Morgan fingerprint density at radius 2 is 1.83 bits per heavy atom. The van der Waals surface area contributed by atoms with Crippen molar-refractivity contribution in [3.63, 3.8) is 0 Å². The van der Waals surface area contributed by atoms with E-state index >= 15 is 0 Å². The first-order valence-corrected chi connectivity index (χ1v) is 9.94. The van der Waals surface area contributed by atoms with Gasteiger partial charge in [-0.05, 0) is 58.5 Å². The van der Waals surface area contributed by atoms with Gasteiger partial charge in [-0.2, -0.15) is 5.26 Å². The number of nitriles is 1. The van der Waals surface area contributed by atoms with Crippen LogP contribution in [0.4, 0.5) is 5.69 Å². The summed E-state index contributed by atoms with van der Waals surface area (Å²) in [5.74, 6) is 0.127. The fourth-order valence-corrected chi connectivity index (χ4v) is 3.63. The number of aliphatic imine (C=N–C) groups is 1. The van der Waals surface area contributed by atoms with E-state index in [1.807, 2.05) is 54.6 Å². The molecule has 3 N–H and O–H groups in total. The summed E-state index contributed by atoms with van der Waals surface area (Å²) in [6.07, 6.45) is 1.60. The highest BCUT2D eigenvalue weighted by Crippen LogP contribution is 2.44. The number of halogens is 1. The van der Waals surface area contributed by atoms with Gasteiger partial charge in [-0.1, -0.05) is 30.3 Å². The number of hydrogen-bond donors (Lipinski definition) is 2. The van der Waals surface area contributed by atoms with E-state index < -0.39 is 0 Å². The number of aromatic hydroxyl groups is 1. The van der Waals surface area contributed by atoms with Crippen molar-refractivity contribution in [3.05, 3.63) is 98.4 Å². The van der Waals surface area contributed by atoms with Crippen molar-refractivity contribution < 1.29 is 9.84 Å². The van der Waals surface area contributed by atoms with Crippen LogP contribution in [0.25, 0.3) is 0 Å². The third-order valence-corrected chi connectivity index (χ3v) is 5.40. The molecule has 0 radical (unpaired) electrons. The number of fused-ring (bicyclic) bond motifs is 1. The van der Waals surface area contributed by atoms with Crippen LogP contribution in [0.1, 0.15) is 22.6 Å². The predicted molar refractivity (Wildman–Crippen MR) is 120 cm³/mol. The lowest BCUT2D eigenvalue weighted by Crippen LogP contribution is -2.21. The van der Waals surface area contributed by atoms with Gasteiger partial charge in [0.2, 0.25) is 5.88 Å². The van der Waals surface area contributed by atoms with Crippen LogP contribution in [0.2, 0.25) is 0 Å². The number of ether oxygens (including phenoxy) is 1. The largest absolute Gasteiger partial charge is 0.507 e. The summed E-state index contributed by atoms with van der Waals surface area (Å²) in [5, 5.41) is 20.1. The van der Waals surface area contributed by atoms with Crippen molar-refractivity contribution in [1.82, 2.24) is 0 Å². The third kappa shape index (κ3) is 3.82. The molecule has 0 saturated carbocycles. The zero-order valence-electron chi connectivity index (χ0n) is 15.2. The number of phenolic OH excluding ortho intramolecular Hbond substituents is 1. The Kier molecular flexibility index (Phi) is 5.23. The van der Waals surface area contributed by atoms with Crippen molar-refractivity contribution >= 4 is 34.5 Å². The fourth-order valence-electron chi connectivity index (χ4n) is 3.27. The molecule has 1 aliphatic heterocycles. The summed E-state index contributed by atoms with van der Waals surface area (Å²) in [7, 11) is 0. The average molecular weight is 493 g/mol. The maximum absolute atomic E-state index is 10.5. The molecule has 0 spiro atoms. The quantitative estimate of drug-likeness (QED) is 0.399. The number of allylic oxidation sites excluding steroid dienone is 1. The molecule has 0 amide bonds. The number of nitrogens with zero attached hydrogens (tertiary/aromatic N) is 2. The minimum Gasteiger partial charge on any atom is -0.507 e. The van der Waals surface area contributed by atoms with E-state index in [1.165, 1.54) is 6.07 Å². The molecule has 29 heavy (non-hydrogen) atoms. The van der Waals surface area contributed by atoms with E-state index in [-0.39, 0.29) is 17.6 Å². The topological polar surface area (TPSA) is 91.6 Å². The molecule has 1 heterocycles. The molecular weight excluding hydrogens is 477 g/mol. The second kappa shape index (κ2) is 7.97. The van der Waals surface area contributed by atoms with Crippen LogP contribution in [-0.2, 0) is 0 Å². The first-order chi connectivity index (χ1) is 14.1. The van der Waals surface area contributed by atoms with E-state index in [0.29, 0.717) is 16.9 Å². The van der Waals surface area contributed by atoms with Gasteiger partial charge in [0.25, 0.3) is 0 Å². The van der Waals surface area contributed by atoms with Crippen molar-refractivity contribution in [2.75, 3.05) is 0 Å². The highest BCUT2D eigenvalue weighted by atomic mass is 127. The lowest BCUT2D eigenvalue weighted by atomic mass is 9.83. The lowest BCUT2D eigenvalue weighted by Gasteiger charge is -2.27. The van der Waals surface area contributed by atoms with Crippen LogP contribution in [0.3, 0.4) is 0 Å². The Bertz CT molecular complexity index is 1160. The number of hydrogen-bond acceptors (Lipinski definition) is 5. The molecule has 3 aromatic rings. The van der Waals surface area contributed by atoms with Gasteiger partial charge in [-0.15, -0.1) is 0 Å². The Morgan fingerprint density at radius 1 is 1.10 bits per heavy atom. The van der Waals surface area contributed by atoms with Gasteiger partial charge in [-0.25, -0.2) is 0 Å². The smallest absolute Gasteiger partial charge is 0.205 e. The van der Waals surface area contributed by atoms with Gasteiger partial charge in [-0.3, -0.25) is 4.99 Å². The van der Waals surface area contributed by atoms with Crippen LogP contribution < -0.4 is 10.5 Å². The van der Waals surface area contributed by atoms with E-state index in [4.69, 9.17) is 10.5 Å². The highest BCUT2D eigenvalue weighted by molar-refractivity contribution is 14.1. The summed E-state index contributed by atoms with van der Waals surface area (Å²) in [4.78, 5) is 4.45. The normalized spacial score (nSPS) is 15.7. The summed E-state index contributed by atoms with van der Waals surface area (Å²) in [5.41, 5.74) is 9.32. The molecule has 1 aliphatic rings. The molecule has 5 nitrogen and oxygen atoms in total. The monoisotopic (exact) mass is 493 g/mol. The molecule has 0 bridgehead atoms. The minimum atomic E-state index is -0.379. The second-order valence-corrected chi connectivity index (χ2v) is 7.76. The molecule has 4 rings (SSSR count). The molecule has 142 valence electrons. The Morgan fingerprint density at radius 3 is 2.52 bits per heavy atom. The van der Waals surface area contributed by atoms with E-state index in [2.05, 4.69) is 33.7 Å². The van der Waals surface area contributed by atoms with Crippen molar-refractivity contribution in [1.29, 1.82) is 5.26 Å². The van der Waals surface area contributed by atoms with Crippen LogP contribution in [0.5, 0.6) is 11.5 Å². The van der Waals surface area contributed by atoms with Gasteiger partial charge in [0.15, 0.2) is 0 Å². The van der Waals surface area contributed by atoms with Crippen molar-refractivity contribution in [3.8, 4) is 17.6 Å². The van der Waals surface area contributed by atoms with Crippen LogP contribution in [-0.4, -0.2) is 11.3 Å². The van der Waals surface area contributed by atoms with Crippen LogP contribution in [0.15, 0.2) is 83.2 Å². The molecule has 0 unspecified atom stereocenters. The maximum Gasteiger partial charge on any atom is 0.205 e. The average Bonchev–Trinajstić information content (AvgIpc) is 2.73. The van der Waals surface area contributed by atoms with Gasteiger partial charge < -0.3 is 15.6 Å². The van der Waals surface area contributed by atoms with Gasteiger partial charge >= 0.3 is 0 Å². The first kappa shape index (κ1) is 19.0. The number of rotatable bonds is 3. The zero-order valence-corrected chi connectivity index (χ0v) is 17.4. The number of phenols is 1. The fraction of sp³-hybridized carbons (Fsp3) is 0.0435. The van der Waals surface area contributed by atoms with E-state index in [1.54, 1.807) is 12.3 Å². The molecule has 6 heteroatoms. The Hall–Kier alpha value is -3.31. The summed E-state index contributed by atoms with van der Waals surface area (Å²) < 4.78 is 6.75. The van der Waals surface area contributed by atoms with Gasteiger partial charge in [0.05, 0.1) is 11.6 Å². The van der Waals surface area contributed by atoms with Crippen molar-refractivity contribution in [2.24, 2.45) is 10.7 Å². The van der Waals surface area contributed by atoms with Crippen LogP contribution in [0, 0.1) is 14.9 Å². The lowest BCUT2D eigenvalue weighted by molar-refractivity contribution is 0.388. The second-order valence-electron chi connectivity index (χ2n) is 6.52.